The van der Waals surface area contributed by atoms with Crippen molar-refractivity contribution in [3.8, 4) is 0 Å². The first-order chi connectivity index (χ1) is 7.61. The van der Waals surface area contributed by atoms with E-state index in [1.807, 2.05) is 11.5 Å². The molecule has 1 aromatic rings. The molecule has 2 heterocycles. The molecule has 0 saturated heterocycles. The number of fused-ring (bicyclic) bond motifs is 1. The van der Waals surface area contributed by atoms with Gasteiger partial charge in [-0.1, -0.05) is 6.42 Å². The number of aromatic carboxylic acids is 1. The first-order valence-electron chi connectivity index (χ1n) is 5.58. The smallest absolute Gasteiger partial charge is 0.341 e. The fourth-order valence-corrected chi connectivity index (χ4v) is 2.37. The number of carboxylic acid groups (broad SMARTS) is 1. The molecule has 1 aromatic heterocycles. The lowest BCUT2D eigenvalue weighted by Crippen LogP contribution is -2.24. The minimum Gasteiger partial charge on any atom is -0.477 e. The highest BCUT2D eigenvalue weighted by molar-refractivity contribution is 5.88. The first kappa shape index (κ1) is 10.9. The Hall–Kier alpha value is -1.58. The Morgan fingerprint density at radius 3 is 2.81 bits per heavy atom. The summed E-state index contributed by atoms with van der Waals surface area (Å²) in [6.45, 7) is 2.68. The van der Waals surface area contributed by atoms with Crippen molar-refractivity contribution in [3.05, 3.63) is 33.2 Å². The minimum atomic E-state index is -1.10. The van der Waals surface area contributed by atoms with E-state index in [1.165, 1.54) is 6.07 Å². The van der Waals surface area contributed by atoms with E-state index in [0.29, 0.717) is 12.1 Å². The standard InChI is InChI=1S/C12H15NO3/c1-8-7-10(14)11(12(15)16)9-5-3-2-4-6-13(8)9/h7H,2-6H2,1H3,(H,15,16). The summed E-state index contributed by atoms with van der Waals surface area (Å²) in [4.78, 5) is 22.8. The van der Waals surface area contributed by atoms with Crippen LogP contribution in [0.4, 0.5) is 0 Å². The highest BCUT2D eigenvalue weighted by Crippen LogP contribution is 2.18. The summed E-state index contributed by atoms with van der Waals surface area (Å²) in [5.41, 5.74) is 1.17. The number of carbonyl (C=O) groups is 1. The number of carboxylic acids is 1. The second-order valence-corrected chi connectivity index (χ2v) is 4.24. The summed E-state index contributed by atoms with van der Waals surface area (Å²) in [6.07, 6.45) is 3.80. The second-order valence-electron chi connectivity index (χ2n) is 4.24. The molecule has 0 radical (unpaired) electrons. The average molecular weight is 221 g/mol. The maximum absolute atomic E-state index is 11.7. The van der Waals surface area contributed by atoms with E-state index >= 15 is 0 Å². The van der Waals surface area contributed by atoms with Crippen molar-refractivity contribution in [1.29, 1.82) is 0 Å². The van der Waals surface area contributed by atoms with Crippen LogP contribution in [-0.4, -0.2) is 15.6 Å². The molecule has 0 amide bonds. The maximum atomic E-state index is 11.7. The van der Waals surface area contributed by atoms with Crippen LogP contribution in [0.2, 0.25) is 0 Å². The van der Waals surface area contributed by atoms with Gasteiger partial charge in [0.1, 0.15) is 5.56 Å². The number of hydrogen-bond acceptors (Lipinski definition) is 2. The number of hydrogen-bond donors (Lipinski definition) is 1. The summed E-state index contributed by atoms with van der Waals surface area (Å²) in [7, 11) is 0. The van der Waals surface area contributed by atoms with Gasteiger partial charge in [-0.2, -0.15) is 0 Å². The molecule has 1 N–H and O–H groups in total. The maximum Gasteiger partial charge on any atom is 0.341 e. The third kappa shape index (κ3) is 1.75. The third-order valence-corrected chi connectivity index (χ3v) is 3.14. The van der Waals surface area contributed by atoms with Gasteiger partial charge < -0.3 is 9.67 Å². The summed E-state index contributed by atoms with van der Waals surface area (Å²) in [5.74, 6) is -1.10. The van der Waals surface area contributed by atoms with Gasteiger partial charge in [0.15, 0.2) is 5.43 Å². The lowest BCUT2D eigenvalue weighted by Gasteiger charge is -2.15. The molecular formula is C12H15NO3. The van der Waals surface area contributed by atoms with Crippen LogP contribution in [0.25, 0.3) is 0 Å². The van der Waals surface area contributed by atoms with Crippen LogP contribution in [0.3, 0.4) is 0 Å². The zero-order chi connectivity index (χ0) is 11.7. The van der Waals surface area contributed by atoms with E-state index in [2.05, 4.69) is 0 Å². The first-order valence-corrected chi connectivity index (χ1v) is 5.58. The molecule has 0 aromatic carbocycles. The van der Waals surface area contributed by atoms with E-state index in [1.54, 1.807) is 0 Å². The highest BCUT2D eigenvalue weighted by atomic mass is 16.4. The minimum absolute atomic E-state index is 0.0347. The van der Waals surface area contributed by atoms with E-state index in [4.69, 9.17) is 5.11 Å². The number of rotatable bonds is 1. The molecule has 4 heteroatoms. The van der Waals surface area contributed by atoms with Crippen molar-refractivity contribution >= 4 is 5.97 Å². The molecule has 0 unspecified atom stereocenters. The number of aryl methyl sites for hydroxylation is 1. The van der Waals surface area contributed by atoms with E-state index in [-0.39, 0.29) is 11.0 Å². The van der Waals surface area contributed by atoms with E-state index in [0.717, 1.165) is 31.5 Å². The van der Waals surface area contributed by atoms with Gasteiger partial charge in [0.25, 0.3) is 0 Å². The Balaban J connectivity index is 2.70. The van der Waals surface area contributed by atoms with Crippen LogP contribution < -0.4 is 5.43 Å². The number of pyridine rings is 1. The number of nitrogens with zero attached hydrogens (tertiary/aromatic N) is 1. The summed E-state index contributed by atoms with van der Waals surface area (Å²) in [5, 5.41) is 9.09. The van der Waals surface area contributed by atoms with Crippen LogP contribution in [-0.2, 0) is 13.0 Å². The predicted octanol–water partition coefficient (Wildman–Crippen LogP) is 1.58. The molecule has 2 rings (SSSR count). The Kier molecular flexibility index (Phi) is 2.81. The predicted molar refractivity (Wildman–Crippen MR) is 60.0 cm³/mol. The SMILES string of the molecule is Cc1cc(=O)c(C(=O)O)c2n1CCCCC2. The molecule has 1 aliphatic rings. The normalized spacial score (nSPS) is 15.3. The quantitative estimate of drug-likeness (QED) is 0.783. The fourth-order valence-electron chi connectivity index (χ4n) is 2.37. The van der Waals surface area contributed by atoms with Gasteiger partial charge in [-0.25, -0.2) is 4.79 Å². The molecule has 0 atom stereocenters. The highest BCUT2D eigenvalue weighted by Gasteiger charge is 2.20. The molecule has 0 saturated carbocycles. The lowest BCUT2D eigenvalue weighted by atomic mass is 10.1. The number of aromatic nitrogens is 1. The van der Waals surface area contributed by atoms with Gasteiger partial charge in [-0.15, -0.1) is 0 Å². The van der Waals surface area contributed by atoms with Gasteiger partial charge in [0.05, 0.1) is 0 Å². The molecule has 1 aliphatic heterocycles. The summed E-state index contributed by atoms with van der Waals surface area (Å²) >= 11 is 0. The van der Waals surface area contributed by atoms with Crippen molar-refractivity contribution in [3.63, 3.8) is 0 Å². The fraction of sp³-hybridized carbons (Fsp3) is 0.500. The molecule has 86 valence electrons. The molecular weight excluding hydrogens is 206 g/mol. The second kappa shape index (κ2) is 4.12. The van der Waals surface area contributed by atoms with Gasteiger partial charge >= 0.3 is 5.97 Å². The van der Waals surface area contributed by atoms with Crippen LogP contribution >= 0.6 is 0 Å². The van der Waals surface area contributed by atoms with Crippen molar-refractivity contribution < 1.29 is 9.90 Å². The van der Waals surface area contributed by atoms with E-state index < -0.39 is 5.97 Å². The Morgan fingerprint density at radius 2 is 2.12 bits per heavy atom. The molecule has 4 nitrogen and oxygen atoms in total. The van der Waals surface area contributed by atoms with Crippen LogP contribution in [0.5, 0.6) is 0 Å². The van der Waals surface area contributed by atoms with Gasteiger partial charge in [0.2, 0.25) is 0 Å². The molecule has 0 bridgehead atoms. The van der Waals surface area contributed by atoms with Crippen molar-refractivity contribution in [2.24, 2.45) is 0 Å². The lowest BCUT2D eigenvalue weighted by molar-refractivity contribution is 0.0693. The summed E-state index contributed by atoms with van der Waals surface area (Å²) < 4.78 is 1.98. The van der Waals surface area contributed by atoms with Crippen LogP contribution in [0.15, 0.2) is 10.9 Å². The average Bonchev–Trinajstić information content (AvgIpc) is 2.42. The largest absolute Gasteiger partial charge is 0.477 e. The molecule has 0 spiro atoms. The Labute approximate surface area is 93.5 Å². The molecule has 16 heavy (non-hydrogen) atoms. The van der Waals surface area contributed by atoms with Crippen molar-refractivity contribution in [2.75, 3.05) is 0 Å². The van der Waals surface area contributed by atoms with Gasteiger partial charge in [-0.3, -0.25) is 4.79 Å². The van der Waals surface area contributed by atoms with Crippen molar-refractivity contribution in [1.82, 2.24) is 4.57 Å². The topological polar surface area (TPSA) is 59.3 Å². The molecule has 0 fully saturated rings. The van der Waals surface area contributed by atoms with Crippen LogP contribution in [0, 0.1) is 6.92 Å². The van der Waals surface area contributed by atoms with Crippen molar-refractivity contribution in [2.45, 2.75) is 39.2 Å². The zero-order valence-corrected chi connectivity index (χ0v) is 9.32. The third-order valence-electron chi connectivity index (χ3n) is 3.14. The molecule has 0 aliphatic carbocycles. The Bertz CT molecular complexity index is 488. The van der Waals surface area contributed by atoms with Gasteiger partial charge in [0, 0.05) is 24.0 Å². The van der Waals surface area contributed by atoms with Gasteiger partial charge in [-0.05, 0) is 26.2 Å². The monoisotopic (exact) mass is 221 g/mol. The zero-order valence-electron chi connectivity index (χ0n) is 9.32. The van der Waals surface area contributed by atoms with Crippen LogP contribution in [0.1, 0.15) is 41.0 Å². The summed E-state index contributed by atoms with van der Waals surface area (Å²) in [6, 6.07) is 1.43. The van der Waals surface area contributed by atoms with E-state index in [9.17, 15) is 9.59 Å². The Morgan fingerprint density at radius 1 is 1.38 bits per heavy atom.